The molecule has 0 aromatic carbocycles. The molecule has 3 heterocycles. The van der Waals surface area contributed by atoms with E-state index in [1.54, 1.807) is 12.4 Å². The van der Waals surface area contributed by atoms with Crippen LogP contribution in [-0.2, 0) is 4.79 Å². The zero-order valence-corrected chi connectivity index (χ0v) is 12.9. The quantitative estimate of drug-likeness (QED) is 0.894. The van der Waals surface area contributed by atoms with E-state index in [2.05, 4.69) is 15.4 Å². The molecule has 23 heavy (non-hydrogen) atoms. The lowest BCUT2D eigenvalue weighted by molar-refractivity contribution is -0.116. The summed E-state index contributed by atoms with van der Waals surface area (Å²) in [5.41, 5.74) is 1.55. The topological polar surface area (TPSA) is 79.8 Å². The maximum Gasteiger partial charge on any atom is 0.270 e. The lowest BCUT2D eigenvalue weighted by atomic mass is 9.87. The molecular formula is C17H20N4O2. The summed E-state index contributed by atoms with van der Waals surface area (Å²) in [5.74, 6) is 0.429. The molecule has 2 aliphatic rings. The summed E-state index contributed by atoms with van der Waals surface area (Å²) < 4.78 is 1.90. The third-order valence-corrected chi connectivity index (χ3v) is 5.01. The Kier molecular flexibility index (Phi) is 3.52. The maximum absolute atomic E-state index is 12.6. The van der Waals surface area contributed by atoms with Gasteiger partial charge in [-0.2, -0.15) is 0 Å². The first-order valence-corrected chi connectivity index (χ1v) is 8.28. The average Bonchev–Trinajstić information content (AvgIpc) is 2.92. The second-order valence-electron chi connectivity index (χ2n) is 6.45. The number of amides is 1. The highest BCUT2D eigenvalue weighted by atomic mass is 16.2. The largest absolute Gasteiger partial charge is 0.311 e. The van der Waals surface area contributed by atoms with Crippen LogP contribution in [0.1, 0.15) is 61.6 Å². The van der Waals surface area contributed by atoms with Gasteiger partial charge in [0, 0.05) is 24.7 Å². The predicted octanol–water partition coefficient (Wildman–Crippen LogP) is 2.55. The van der Waals surface area contributed by atoms with E-state index in [0.29, 0.717) is 17.8 Å². The fraction of sp³-hybridized carbons (Fsp3) is 0.471. The Morgan fingerprint density at radius 2 is 1.83 bits per heavy atom. The molecule has 6 nitrogen and oxygen atoms in total. The van der Waals surface area contributed by atoms with Crippen LogP contribution in [0, 0.1) is 0 Å². The van der Waals surface area contributed by atoms with Crippen LogP contribution in [0.4, 0.5) is 5.82 Å². The third kappa shape index (κ3) is 2.48. The van der Waals surface area contributed by atoms with Gasteiger partial charge in [0.2, 0.25) is 5.91 Å². The van der Waals surface area contributed by atoms with Crippen molar-refractivity contribution >= 4 is 11.7 Å². The first-order valence-electron chi connectivity index (χ1n) is 8.28. The number of H-pyrrole nitrogens is 1. The molecule has 1 atom stereocenters. The molecule has 2 aromatic rings. The lowest BCUT2D eigenvalue weighted by Gasteiger charge is -2.28. The van der Waals surface area contributed by atoms with Crippen LogP contribution >= 0.6 is 0 Å². The van der Waals surface area contributed by atoms with Gasteiger partial charge >= 0.3 is 0 Å². The van der Waals surface area contributed by atoms with E-state index in [1.807, 2.05) is 16.8 Å². The number of hydrogen-bond acceptors (Lipinski definition) is 3. The molecule has 1 aliphatic heterocycles. The molecule has 1 fully saturated rings. The van der Waals surface area contributed by atoms with Crippen molar-refractivity contribution < 1.29 is 4.79 Å². The molecular weight excluding hydrogens is 292 g/mol. The highest BCUT2D eigenvalue weighted by Gasteiger charge is 2.34. The van der Waals surface area contributed by atoms with Crippen molar-refractivity contribution in [3.05, 3.63) is 46.0 Å². The number of carbonyl (C=O) groups excluding carboxylic acids is 1. The summed E-state index contributed by atoms with van der Waals surface area (Å²) in [7, 11) is 0. The smallest absolute Gasteiger partial charge is 0.270 e. The van der Waals surface area contributed by atoms with Gasteiger partial charge in [-0.1, -0.05) is 19.3 Å². The van der Waals surface area contributed by atoms with Crippen LogP contribution < -0.4 is 10.9 Å². The summed E-state index contributed by atoms with van der Waals surface area (Å²) in [6.07, 6.45) is 9.38. The minimum atomic E-state index is -0.199. The fourth-order valence-electron chi connectivity index (χ4n) is 3.88. The van der Waals surface area contributed by atoms with Gasteiger partial charge in [0.15, 0.2) is 0 Å². The number of hydrogen-bond donors (Lipinski definition) is 2. The van der Waals surface area contributed by atoms with Crippen LogP contribution in [0.2, 0.25) is 0 Å². The average molecular weight is 312 g/mol. The van der Waals surface area contributed by atoms with Gasteiger partial charge in [-0.15, -0.1) is 0 Å². The fourth-order valence-corrected chi connectivity index (χ4v) is 3.88. The first kappa shape index (κ1) is 14.2. The van der Waals surface area contributed by atoms with Crippen LogP contribution in [0.15, 0.2) is 29.3 Å². The van der Waals surface area contributed by atoms with Gasteiger partial charge in [-0.05, 0) is 30.5 Å². The third-order valence-electron chi connectivity index (χ3n) is 5.01. The molecule has 0 bridgehead atoms. The number of aromatic nitrogens is 3. The maximum atomic E-state index is 12.6. The van der Waals surface area contributed by atoms with Crippen LogP contribution in [-0.4, -0.2) is 20.7 Å². The Labute approximate surface area is 133 Å². The van der Waals surface area contributed by atoms with Crippen molar-refractivity contribution in [2.45, 2.75) is 50.5 Å². The highest BCUT2D eigenvalue weighted by molar-refractivity contribution is 5.94. The Morgan fingerprint density at radius 3 is 2.57 bits per heavy atom. The molecule has 120 valence electrons. The van der Waals surface area contributed by atoms with Crippen molar-refractivity contribution in [1.29, 1.82) is 0 Å². The SMILES string of the molecule is O=C1C[C@@H](c2ccncc2)c2c(n(C3CCCCC3)[nH]c2=O)N1. The molecule has 1 amide bonds. The van der Waals surface area contributed by atoms with Crippen molar-refractivity contribution in [3.63, 3.8) is 0 Å². The Morgan fingerprint density at radius 1 is 1.09 bits per heavy atom. The van der Waals surface area contributed by atoms with Crippen LogP contribution in [0.25, 0.3) is 0 Å². The van der Waals surface area contributed by atoms with E-state index in [0.717, 1.165) is 18.4 Å². The standard InChI is InChI=1S/C17H20N4O2/c22-14-10-13(11-6-8-18-9-7-11)15-16(19-14)21(20-17(15)23)12-4-2-1-3-5-12/h6-9,12-13H,1-5,10H2,(H,19,22)(H,20,23)/t13-/m0/s1. The summed E-state index contributed by atoms with van der Waals surface area (Å²) in [6.45, 7) is 0. The van der Waals surface area contributed by atoms with E-state index in [1.165, 1.54) is 19.3 Å². The van der Waals surface area contributed by atoms with Crippen LogP contribution in [0.5, 0.6) is 0 Å². The summed E-state index contributed by atoms with van der Waals surface area (Å²) >= 11 is 0. The van der Waals surface area contributed by atoms with Crippen molar-refractivity contribution in [1.82, 2.24) is 14.8 Å². The molecule has 6 heteroatoms. The van der Waals surface area contributed by atoms with Gasteiger partial charge in [0.1, 0.15) is 5.82 Å². The number of pyridine rings is 1. The Balaban J connectivity index is 1.80. The summed E-state index contributed by atoms with van der Waals surface area (Å²) in [5, 5.41) is 5.90. The van der Waals surface area contributed by atoms with E-state index in [4.69, 9.17) is 0 Å². The summed E-state index contributed by atoms with van der Waals surface area (Å²) in [6, 6.07) is 4.03. The zero-order chi connectivity index (χ0) is 15.8. The van der Waals surface area contributed by atoms with Crippen molar-refractivity contribution in [2.75, 3.05) is 5.32 Å². The van der Waals surface area contributed by atoms with Crippen LogP contribution in [0.3, 0.4) is 0 Å². The number of anilines is 1. The number of aromatic amines is 1. The molecule has 0 radical (unpaired) electrons. The lowest BCUT2D eigenvalue weighted by Crippen LogP contribution is -2.27. The normalized spacial score (nSPS) is 21.7. The molecule has 2 aromatic heterocycles. The number of carbonyl (C=O) groups is 1. The Hall–Kier alpha value is -2.37. The van der Waals surface area contributed by atoms with E-state index in [-0.39, 0.29) is 23.4 Å². The minimum absolute atomic E-state index is 0.0390. The molecule has 2 N–H and O–H groups in total. The van der Waals surface area contributed by atoms with Gasteiger partial charge in [0.25, 0.3) is 5.56 Å². The number of fused-ring (bicyclic) bond motifs is 1. The molecule has 4 rings (SSSR count). The zero-order valence-electron chi connectivity index (χ0n) is 12.9. The molecule has 1 aliphatic carbocycles. The first-order chi connectivity index (χ1) is 11.2. The minimum Gasteiger partial charge on any atom is -0.311 e. The predicted molar refractivity (Wildman–Crippen MR) is 86.5 cm³/mol. The van der Waals surface area contributed by atoms with Crippen molar-refractivity contribution in [3.8, 4) is 0 Å². The number of nitrogens with one attached hydrogen (secondary N) is 2. The van der Waals surface area contributed by atoms with Crippen molar-refractivity contribution in [2.24, 2.45) is 0 Å². The second-order valence-corrected chi connectivity index (χ2v) is 6.45. The van der Waals surface area contributed by atoms with Gasteiger partial charge in [-0.25, -0.2) is 0 Å². The second kappa shape index (κ2) is 5.68. The number of nitrogens with zero attached hydrogens (tertiary/aromatic N) is 2. The van der Waals surface area contributed by atoms with E-state index >= 15 is 0 Å². The van der Waals surface area contributed by atoms with Gasteiger partial charge in [-0.3, -0.25) is 24.4 Å². The summed E-state index contributed by atoms with van der Waals surface area (Å²) in [4.78, 5) is 28.8. The van der Waals surface area contributed by atoms with Gasteiger partial charge in [0.05, 0.1) is 11.6 Å². The molecule has 0 unspecified atom stereocenters. The van der Waals surface area contributed by atoms with E-state index < -0.39 is 0 Å². The molecule has 0 saturated heterocycles. The van der Waals surface area contributed by atoms with Gasteiger partial charge < -0.3 is 5.32 Å². The Bertz CT molecular complexity index is 772. The number of rotatable bonds is 2. The molecule has 1 saturated carbocycles. The highest BCUT2D eigenvalue weighted by Crippen LogP contribution is 2.38. The van der Waals surface area contributed by atoms with E-state index in [9.17, 15) is 9.59 Å². The molecule has 0 spiro atoms. The monoisotopic (exact) mass is 312 g/mol.